The van der Waals surface area contributed by atoms with Crippen LogP contribution in [0, 0.1) is 16.7 Å². The molecule has 0 heterocycles. The molecule has 0 saturated heterocycles. The first-order valence-electron chi connectivity index (χ1n) is 7.30. The number of hydrazine groups is 1. The zero-order valence-electron chi connectivity index (χ0n) is 12.7. The second kappa shape index (κ2) is 5.14. The van der Waals surface area contributed by atoms with Crippen LogP contribution in [0.2, 0.25) is 0 Å². The Morgan fingerprint density at radius 2 is 1.95 bits per heavy atom. The summed E-state index contributed by atoms with van der Waals surface area (Å²) in [6, 6.07) is -0.229. The lowest BCUT2D eigenvalue weighted by Crippen LogP contribution is -2.54. The van der Waals surface area contributed by atoms with E-state index in [0.29, 0.717) is 5.92 Å². The Morgan fingerprint density at radius 3 is 2.45 bits per heavy atom. The molecule has 2 bridgehead atoms. The van der Waals surface area contributed by atoms with Crippen molar-refractivity contribution in [3.05, 3.63) is 0 Å². The van der Waals surface area contributed by atoms with Gasteiger partial charge in [0.05, 0.1) is 6.61 Å². The Balaban J connectivity index is 1.86. The van der Waals surface area contributed by atoms with Crippen molar-refractivity contribution in [2.45, 2.75) is 53.0 Å². The highest BCUT2D eigenvalue weighted by Crippen LogP contribution is 2.65. The lowest BCUT2D eigenvalue weighted by molar-refractivity contribution is 0.121. The summed E-state index contributed by atoms with van der Waals surface area (Å²) >= 11 is 0. The lowest BCUT2D eigenvalue weighted by Gasteiger charge is -2.39. The summed E-state index contributed by atoms with van der Waals surface area (Å²) in [5, 5.41) is 2.98. The molecule has 2 rings (SSSR count). The smallest absolute Gasteiger partial charge is 0.426 e. The summed E-state index contributed by atoms with van der Waals surface area (Å²) in [6.07, 6.45) is 2.74. The molecule has 0 spiro atoms. The molecule has 2 aliphatic carbocycles. The molecule has 6 heteroatoms. The number of carbonyl (C=O) groups excluding carboxylic acids is 2. The number of hydrogen-bond acceptors (Lipinski definition) is 3. The Morgan fingerprint density at radius 1 is 1.25 bits per heavy atom. The van der Waals surface area contributed by atoms with Gasteiger partial charge in [-0.15, -0.1) is 0 Å². The Labute approximate surface area is 120 Å². The van der Waals surface area contributed by atoms with Gasteiger partial charge in [-0.05, 0) is 42.9 Å². The second-order valence-electron chi connectivity index (χ2n) is 6.61. The van der Waals surface area contributed by atoms with Gasteiger partial charge in [-0.3, -0.25) is 0 Å². The van der Waals surface area contributed by atoms with Crippen LogP contribution in [0.5, 0.6) is 0 Å². The van der Waals surface area contributed by atoms with Crippen molar-refractivity contribution in [1.82, 2.24) is 16.2 Å². The van der Waals surface area contributed by atoms with E-state index in [9.17, 15) is 9.59 Å². The number of carbonyl (C=O) groups is 2. The van der Waals surface area contributed by atoms with Gasteiger partial charge in [0.1, 0.15) is 0 Å². The van der Waals surface area contributed by atoms with E-state index in [-0.39, 0.29) is 29.5 Å². The third kappa shape index (κ3) is 2.31. The number of hydrogen-bond donors (Lipinski definition) is 3. The molecule has 3 N–H and O–H groups in total. The van der Waals surface area contributed by atoms with Crippen molar-refractivity contribution < 1.29 is 14.3 Å². The molecular formula is C14H25N3O3. The van der Waals surface area contributed by atoms with E-state index >= 15 is 0 Å². The van der Waals surface area contributed by atoms with Crippen LogP contribution >= 0.6 is 0 Å². The van der Waals surface area contributed by atoms with Gasteiger partial charge in [-0.25, -0.2) is 20.4 Å². The van der Waals surface area contributed by atoms with E-state index in [1.807, 2.05) is 0 Å². The number of rotatable bonds is 2. The molecular weight excluding hydrogens is 258 g/mol. The molecule has 0 aromatic rings. The van der Waals surface area contributed by atoms with Gasteiger partial charge in [0, 0.05) is 6.04 Å². The molecule has 2 aliphatic rings. The predicted octanol–water partition coefficient (Wildman–Crippen LogP) is 2.16. The first-order chi connectivity index (χ1) is 9.31. The van der Waals surface area contributed by atoms with Gasteiger partial charge >= 0.3 is 12.1 Å². The first-order valence-corrected chi connectivity index (χ1v) is 7.30. The number of nitrogens with one attached hydrogen (secondary N) is 3. The number of fused-ring (bicyclic) bond motifs is 2. The minimum absolute atomic E-state index is 0.124. The van der Waals surface area contributed by atoms with E-state index in [1.165, 1.54) is 6.42 Å². The largest absolute Gasteiger partial charge is 0.449 e. The van der Waals surface area contributed by atoms with Crippen LogP contribution in [-0.4, -0.2) is 24.8 Å². The summed E-state index contributed by atoms with van der Waals surface area (Å²) < 4.78 is 4.67. The molecule has 0 aliphatic heterocycles. The highest BCUT2D eigenvalue weighted by molar-refractivity contribution is 5.77. The van der Waals surface area contributed by atoms with E-state index < -0.39 is 6.09 Å². The maximum Gasteiger partial charge on any atom is 0.426 e. The van der Waals surface area contributed by atoms with Gasteiger partial charge in [0.2, 0.25) is 0 Å². The van der Waals surface area contributed by atoms with E-state index in [2.05, 4.69) is 41.7 Å². The number of ether oxygens (including phenoxy) is 1. The van der Waals surface area contributed by atoms with Gasteiger partial charge in [0.25, 0.3) is 0 Å². The van der Waals surface area contributed by atoms with Crippen LogP contribution in [0.3, 0.4) is 0 Å². The SMILES string of the molecule is CCOC(=O)NNC(=O)N[C@@H]1C[C@@H]2CC[C@]1(C)C2(C)C. The van der Waals surface area contributed by atoms with Crippen LogP contribution in [-0.2, 0) is 4.74 Å². The summed E-state index contributed by atoms with van der Waals surface area (Å²) in [5.41, 5.74) is 4.91. The normalized spacial score (nSPS) is 33.6. The van der Waals surface area contributed by atoms with E-state index in [0.717, 1.165) is 12.8 Å². The lowest BCUT2D eigenvalue weighted by atomic mass is 9.69. The maximum absolute atomic E-state index is 11.8. The monoisotopic (exact) mass is 283 g/mol. The Kier molecular flexibility index (Phi) is 3.84. The third-order valence-electron chi connectivity index (χ3n) is 5.65. The van der Waals surface area contributed by atoms with Crippen molar-refractivity contribution in [1.29, 1.82) is 0 Å². The second-order valence-corrected chi connectivity index (χ2v) is 6.61. The van der Waals surface area contributed by atoms with Crippen LogP contribution in [0.4, 0.5) is 9.59 Å². The van der Waals surface area contributed by atoms with Crippen LogP contribution in [0.15, 0.2) is 0 Å². The highest BCUT2D eigenvalue weighted by Gasteiger charge is 2.61. The van der Waals surface area contributed by atoms with Gasteiger partial charge in [-0.1, -0.05) is 20.8 Å². The van der Waals surface area contributed by atoms with Crippen LogP contribution < -0.4 is 16.2 Å². The molecule has 3 atom stereocenters. The maximum atomic E-state index is 11.8. The van der Waals surface area contributed by atoms with E-state index in [4.69, 9.17) is 0 Å². The molecule has 2 fully saturated rings. The fourth-order valence-corrected chi connectivity index (χ4v) is 3.89. The van der Waals surface area contributed by atoms with Gasteiger partial charge < -0.3 is 10.1 Å². The Hall–Kier alpha value is -1.46. The fourth-order valence-electron chi connectivity index (χ4n) is 3.89. The summed E-state index contributed by atoms with van der Waals surface area (Å²) in [6.45, 7) is 8.81. The molecule has 0 unspecified atom stereocenters. The molecule has 0 aromatic heterocycles. The highest BCUT2D eigenvalue weighted by atomic mass is 16.6. The minimum atomic E-state index is -0.651. The quantitative estimate of drug-likeness (QED) is 0.679. The first kappa shape index (κ1) is 14.9. The van der Waals surface area contributed by atoms with Gasteiger partial charge in [0.15, 0.2) is 0 Å². The van der Waals surface area contributed by atoms with E-state index in [1.54, 1.807) is 6.92 Å². The molecule has 3 amide bonds. The molecule has 114 valence electrons. The van der Waals surface area contributed by atoms with Gasteiger partial charge in [-0.2, -0.15) is 0 Å². The molecule has 2 saturated carbocycles. The van der Waals surface area contributed by atoms with Crippen LogP contribution in [0.1, 0.15) is 47.0 Å². The zero-order chi connectivity index (χ0) is 15.0. The molecule has 0 aromatic carbocycles. The number of urea groups is 1. The average Bonchev–Trinajstić information content (AvgIpc) is 2.70. The summed E-state index contributed by atoms with van der Waals surface area (Å²) in [7, 11) is 0. The van der Waals surface area contributed by atoms with Crippen molar-refractivity contribution >= 4 is 12.1 Å². The molecule has 20 heavy (non-hydrogen) atoms. The van der Waals surface area contributed by atoms with Crippen molar-refractivity contribution in [3.8, 4) is 0 Å². The Bertz CT molecular complexity index is 410. The summed E-state index contributed by atoms with van der Waals surface area (Å²) in [4.78, 5) is 22.9. The summed E-state index contributed by atoms with van der Waals surface area (Å²) in [5.74, 6) is 0.663. The zero-order valence-corrected chi connectivity index (χ0v) is 12.7. The fraction of sp³-hybridized carbons (Fsp3) is 0.857. The average molecular weight is 283 g/mol. The molecule has 6 nitrogen and oxygen atoms in total. The minimum Gasteiger partial charge on any atom is -0.449 e. The number of amides is 3. The van der Waals surface area contributed by atoms with Crippen molar-refractivity contribution in [2.24, 2.45) is 16.7 Å². The van der Waals surface area contributed by atoms with Crippen LogP contribution in [0.25, 0.3) is 0 Å². The van der Waals surface area contributed by atoms with Crippen molar-refractivity contribution in [3.63, 3.8) is 0 Å². The van der Waals surface area contributed by atoms with Crippen molar-refractivity contribution in [2.75, 3.05) is 6.61 Å². The molecule has 0 radical (unpaired) electrons. The standard InChI is InChI=1S/C14H25N3O3/c1-5-20-12(19)17-16-11(18)15-10-8-9-6-7-14(10,4)13(9,2)3/h9-10H,5-8H2,1-4H3,(H,17,19)(H2,15,16,18)/t9-,10+,14-/m0/s1. The topological polar surface area (TPSA) is 79.5 Å². The third-order valence-corrected chi connectivity index (χ3v) is 5.65. The predicted molar refractivity (Wildman–Crippen MR) is 74.8 cm³/mol.